The molecule has 0 unspecified atom stereocenters. The van der Waals surface area contributed by atoms with Gasteiger partial charge >= 0.3 is 5.97 Å². The predicted octanol–water partition coefficient (Wildman–Crippen LogP) is 6.72. The molecule has 7 atom stereocenters. The number of Topliss-reactive ketones (excluding diaryl/α,β-unsaturated/α-hetero) is 1. The topological polar surface area (TPSA) is 74.6 Å². The Morgan fingerprint density at radius 3 is 2.35 bits per heavy atom. The summed E-state index contributed by atoms with van der Waals surface area (Å²) >= 11 is 0. The lowest BCUT2D eigenvalue weighted by Crippen LogP contribution is -2.55. The Morgan fingerprint density at radius 1 is 1.06 bits per heavy atom. The van der Waals surface area contributed by atoms with Crippen molar-refractivity contribution < 1.29 is 19.8 Å². The minimum absolute atomic E-state index is 0.00276. The Kier molecular flexibility index (Phi) is 6.28. The van der Waals surface area contributed by atoms with Gasteiger partial charge in [0.2, 0.25) is 0 Å². The highest BCUT2D eigenvalue weighted by Crippen LogP contribution is 2.72. The third-order valence-electron chi connectivity index (χ3n) is 11.5. The molecule has 4 aliphatic carbocycles. The summed E-state index contributed by atoms with van der Waals surface area (Å²) in [5.74, 6) is -0.435. The van der Waals surface area contributed by atoms with Gasteiger partial charge in [0.05, 0.1) is 12.0 Å². The lowest BCUT2D eigenvalue weighted by molar-refractivity contribution is -0.146. The number of aliphatic hydroxyl groups is 1. The summed E-state index contributed by atoms with van der Waals surface area (Å²) in [5.41, 5.74) is 3.20. The number of carbonyl (C=O) groups excluding carboxylic acids is 1. The first-order valence-corrected chi connectivity index (χ1v) is 13.5. The fourth-order valence-electron chi connectivity index (χ4n) is 9.23. The third kappa shape index (κ3) is 3.41. The molecular formula is C30H46O4. The van der Waals surface area contributed by atoms with Crippen LogP contribution in [0, 0.1) is 39.4 Å². The number of carbonyl (C=O) groups is 2. The van der Waals surface area contributed by atoms with E-state index in [1.807, 2.05) is 0 Å². The first-order chi connectivity index (χ1) is 15.7. The third-order valence-corrected chi connectivity index (χ3v) is 11.5. The zero-order valence-corrected chi connectivity index (χ0v) is 22.5. The largest absolute Gasteiger partial charge is 0.481 e. The van der Waals surface area contributed by atoms with E-state index in [-0.39, 0.29) is 22.2 Å². The minimum Gasteiger partial charge on any atom is -0.481 e. The van der Waals surface area contributed by atoms with Crippen LogP contribution in [-0.4, -0.2) is 28.1 Å². The van der Waals surface area contributed by atoms with Gasteiger partial charge in [-0.2, -0.15) is 0 Å². The van der Waals surface area contributed by atoms with Gasteiger partial charge < -0.3 is 10.2 Å². The molecule has 2 saturated carbocycles. The first kappa shape index (κ1) is 25.7. The second-order valence-corrected chi connectivity index (χ2v) is 13.4. The van der Waals surface area contributed by atoms with Crippen LogP contribution >= 0.6 is 0 Å². The average Bonchev–Trinajstić information content (AvgIpc) is 2.95. The molecule has 4 aliphatic rings. The summed E-state index contributed by atoms with van der Waals surface area (Å²) < 4.78 is 0. The molecule has 0 amide bonds. The highest BCUT2D eigenvalue weighted by Gasteiger charge is 2.67. The van der Waals surface area contributed by atoms with E-state index >= 15 is 0 Å². The highest BCUT2D eigenvalue weighted by molar-refractivity contribution is 5.85. The Hall–Kier alpha value is -1.42. The van der Waals surface area contributed by atoms with Crippen molar-refractivity contribution in [1.29, 1.82) is 0 Å². The summed E-state index contributed by atoms with van der Waals surface area (Å²) in [6.07, 6.45) is 8.95. The quantitative estimate of drug-likeness (QED) is 0.437. The van der Waals surface area contributed by atoms with Crippen molar-refractivity contribution in [3.8, 4) is 0 Å². The van der Waals surface area contributed by atoms with Crippen LogP contribution in [0.1, 0.15) is 106 Å². The molecule has 0 aliphatic heterocycles. The predicted molar refractivity (Wildman–Crippen MR) is 135 cm³/mol. The molecule has 0 radical (unpaired) electrons. The van der Waals surface area contributed by atoms with Gasteiger partial charge in [0, 0.05) is 17.3 Å². The van der Waals surface area contributed by atoms with E-state index in [9.17, 15) is 19.8 Å². The molecule has 0 aromatic rings. The van der Waals surface area contributed by atoms with Crippen LogP contribution in [0.25, 0.3) is 0 Å². The Bertz CT molecular complexity index is 937. The molecule has 34 heavy (non-hydrogen) atoms. The molecule has 2 fully saturated rings. The number of hydrogen-bond donors (Lipinski definition) is 2. The number of ketones is 1. The van der Waals surface area contributed by atoms with Crippen molar-refractivity contribution in [1.82, 2.24) is 0 Å². The summed E-state index contributed by atoms with van der Waals surface area (Å²) in [6.45, 7) is 15.3. The van der Waals surface area contributed by atoms with Gasteiger partial charge in [0.25, 0.3) is 0 Å². The molecule has 4 heteroatoms. The monoisotopic (exact) mass is 470 g/mol. The van der Waals surface area contributed by atoms with E-state index in [1.165, 1.54) is 16.7 Å². The number of carboxylic acids is 1. The summed E-state index contributed by atoms with van der Waals surface area (Å²) in [7, 11) is 0. The Labute approximate surface area is 206 Å². The number of rotatable bonds is 5. The van der Waals surface area contributed by atoms with E-state index < -0.39 is 23.4 Å². The van der Waals surface area contributed by atoms with Crippen molar-refractivity contribution in [2.45, 2.75) is 112 Å². The zero-order valence-electron chi connectivity index (χ0n) is 22.5. The van der Waals surface area contributed by atoms with Crippen molar-refractivity contribution in [3.63, 3.8) is 0 Å². The molecular weight excluding hydrogens is 424 g/mol. The SMILES string of the molecule is CC(C)=CCC[C@@H](C(=O)O)[C@H]1C[C@H](O)[C@@]2(C)C3=C(CC[C@]12C)[C@@]1(C)CCC(=O)C(C)(C)[C@@H]1CC3. The Balaban J connectivity index is 1.74. The second-order valence-electron chi connectivity index (χ2n) is 13.4. The second kappa shape index (κ2) is 8.32. The Morgan fingerprint density at radius 2 is 1.74 bits per heavy atom. The fraction of sp³-hybridized carbons (Fsp3) is 0.800. The molecule has 4 rings (SSSR count). The van der Waals surface area contributed by atoms with Crippen LogP contribution in [0.15, 0.2) is 22.8 Å². The van der Waals surface area contributed by atoms with Gasteiger partial charge in [0.1, 0.15) is 5.78 Å². The van der Waals surface area contributed by atoms with Crippen LogP contribution in [0.5, 0.6) is 0 Å². The van der Waals surface area contributed by atoms with Crippen molar-refractivity contribution >= 4 is 11.8 Å². The molecule has 0 spiro atoms. The van der Waals surface area contributed by atoms with E-state index in [0.717, 1.165) is 38.5 Å². The van der Waals surface area contributed by atoms with Crippen LogP contribution in [0.4, 0.5) is 0 Å². The standard InChI is InChI=1S/C30H46O4/c1-18(2)9-8-10-19(26(33)34)22-17-25(32)30(7)21-11-12-23-27(3,4)24(31)14-15-28(23,5)20(21)13-16-29(22,30)6/h9,19,22-23,25,32H,8,10-17H2,1-7H3,(H,33,34)/t19-,22-,23+,25+,28-,29-,30-/m1/s1. The maximum Gasteiger partial charge on any atom is 0.306 e. The smallest absolute Gasteiger partial charge is 0.306 e. The maximum atomic E-state index is 12.8. The van der Waals surface area contributed by atoms with Crippen LogP contribution < -0.4 is 0 Å². The van der Waals surface area contributed by atoms with Gasteiger partial charge in [-0.1, -0.05) is 57.4 Å². The summed E-state index contributed by atoms with van der Waals surface area (Å²) in [6, 6.07) is 0. The fourth-order valence-corrected chi connectivity index (χ4v) is 9.23. The van der Waals surface area contributed by atoms with Crippen LogP contribution in [-0.2, 0) is 9.59 Å². The lowest BCUT2D eigenvalue weighted by atomic mass is 9.43. The number of hydrogen-bond acceptors (Lipinski definition) is 3. The highest BCUT2D eigenvalue weighted by atomic mass is 16.4. The van der Waals surface area contributed by atoms with Crippen molar-refractivity contribution in [2.24, 2.45) is 39.4 Å². The zero-order chi connectivity index (χ0) is 25.3. The number of aliphatic hydroxyl groups excluding tert-OH is 1. The van der Waals surface area contributed by atoms with Crippen molar-refractivity contribution in [3.05, 3.63) is 22.8 Å². The minimum atomic E-state index is -0.715. The van der Waals surface area contributed by atoms with E-state index in [2.05, 4.69) is 54.5 Å². The van der Waals surface area contributed by atoms with Crippen LogP contribution in [0.3, 0.4) is 0 Å². The normalized spacial score (nSPS) is 41.9. The number of carboxylic acid groups (broad SMARTS) is 1. The number of allylic oxidation sites excluding steroid dienone is 3. The molecule has 0 saturated heterocycles. The van der Waals surface area contributed by atoms with Gasteiger partial charge in [-0.3, -0.25) is 9.59 Å². The van der Waals surface area contributed by atoms with Crippen LogP contribution in [0.2, 0.25) is 0 Å². The molecule has 190 valence electrons. The van der Waals surface area contributed by atoms with Gasteiger partial charge in [-0.25, -0.2) is 0 Å². The average molecular weight is 471 g/mol. The number of fused-ring (bicyclic) bond motifs is 4. The molecule has 4 nitrogen and oxygen atoms in total. The molecule has 2 N–H and O–H groups in total. The lowest BCUT2D eigenvalue weighted by Gasteiger charge is -2.61. The van der Waals surface area contributed by atoms with E-state index in [4.69, 9.17) is 0 Å². The first-order valence-electron chi connectivity index (χ1n) is 13.5. The van der Waals surface area contributed by atoms with Gasteiger partial charge in [-0.05, 0) is 87.9 Å². The van der Waals surface area contributed by atoms with Gasteiger partial charge in [-0.15, -0.1) is 0 Å². The summed E-state index contributed by atoms with van der Waals surface area (Å²) in [5, 5.41) is 21.9. The van der Waals surface area contributed by atoms with E-state index in [0.29, 0.717) is 31.0 Å². The van der Waals surface area contributed by atoms with Gasteiger partial charge in [0.15, 0.2) is 0 Å². The van der Waals surface area contributed by atoms with Crippen molar-refractivity contribution in [2.75, 3.05) is 0 Å². The summed E-state index contributed by atoms with van der Waals surface area (Å²) in [4.78, 5) is 25.3. The maximum absolute atomic E-state index is 12.8. The molecule has 0 aromatic carbocycles. The molecule has 0 aromatic heterocycles. The number of aliphatic carboxylic acids is 1. The molecule has 0 heterocycles. The molecule has 0 bridgehead atoms. The van der Waals surface area contributed by atoms with E-state index in [1.54, 1.807) is 0 Å².